The van der Waals surface area contributed by atoms with E-state index in [0.717, 1.165) is 5.56 Å². The second kappa shape index (κ2) is 6.51. The van der Waals surface area contributed by atoms with E-state index >= 15 is 0 Å². The normalized spacial score (nSPS) is 11.2. The number of carbonyl (C=O) groups excluding carboxylic acids is 1. The molecule has 6 heteroatoms. The van der Waals surface area contributed by atoms with Gasteiger partial charge in [-0.25, -0.2) is 13.1 Å². The Kier molecular flexibility index (Phi) is 5.30. The summed E-state index contributed by atoms with van der Waals surface area (Å²) >= 11 is 0. The maximum Gasteiger partial charge on any atom is 0.221 e. The van der Waals surface area contributed by atoms with Gasteiger partial charge in [0.05, 0.1) is 5.75 Å². The van der Waals surface area contributed by atoms with Crippen molar-refractivity contribution in [3.8, 4) is 0 Å². The molecule has 0 saturated carbocycles. The van der Waals surface area contributed by atoms with E-state index in [-0.39, 0.29) is 18.2 Å². The molecule has 0 aliphatic heterocycles. The van der Waals surface area contributed by atoms with Gasteiger partial charge in [-0.15, -0.1) is 0 Å². The van der Waals surface area contributed by atoms with Crippen LogP contribution in [0.4, 0.5) is 5.69 Å². The molecular formula is C12H18N2O3S. The molecule has 1 aromatic rings. The zero-order valence-electron chi connectivity index (χ0n) is 10.6. The number of amides is 1. The number of sulfonamides is 1. The first kappa shape index (κ1) is 14.7. The molecule has 0 fully saturated rings. The molecule has 1 rings (SSSR count). The predicted octanol–water partition coefficient (Wildman–Crippen LogP) is 1.47. The van der Waals surface area contributed by atoms with Crippen LogP contribution < -0.4 is 10.0 Å². The largest absolute Gasteiger partial charge is 0.326 e. The Hall–Kier alpha value is -1.40. The summed E-state index contributed by atoms with van der Waals surface area (Å²) in [6.45, 7) is 3.48. The summed E-state index contributed by atoms with van der Waals surface area (Å²) in [5, 5.41) is 2.65. The molecule has 1 amide bonds. The van der Waals surface area contributed by atoms with Gasteiger partial charge in [0.1, 0.15) is 0 Å². The molecule has 5 nitrogen and oxygen atoms in total. The van der Waals surface area contributed by atoms with Crippen molar-refractivity contribution >= 4 is 21.6 Å². The Labute approximate surface area is 108 Å². The summed E-state index contributed by atoms with van der Waals surface area (Å²) in [5.41, 5.74) is 1.47. The third-order valence-corrected chi connectivity index (χ3v) is 3.75. The average molecular weight is 270 g/mol. The number of anilines is 1. The van der Waals surface area contributed by atoms with E-state index in [9.17, 15) is 13.2 Å². The quantitative estimate of drug-likeness (QED) is 0.822. The van der Waals surface area contributed by atoms with Gasteiger partial charge in [-0.2, -0.15) is 0 Å². The summed E-state index contributed by atoms with van der Waals surface area (Å²) in [7, 11) is -3.20. The van der Waals surface area contributed by atoms with Gasteiger partial charge in [0.15, 0.2) is 0 Å². The molecule has 0 heterocycles. The van der Waals surface area contributed by atoms with E-state index < -0.39 is 10.0 Å². The zero-order chi connectivity index (χ0) is 13.6. The molecule has 0 aliphatic carbocycles. The molecule has 2 N–H and O–H groups in total. The first-order valence-corrected chi connectivity index (χ1v) is 7.42. The molecular weight excluding hydrogens is 252 g/mol. The maximum atomic E-state index is 11.5. The number of benzene rings is 1. The van der Waals surface area contributed by atoms with Crippen LogP contribution in [-0.4, -0.2) is 20.1 Å². The number of hydrogen-bond acceptors (Lipinski definition) is 3. The lowest BCUT2D eigenvalue weighted by Crippen LogP contribution is -2.25. The van der Waals surface area contributed by atoms with Crippen molar-refractivity contribution in [3.63, 3.8) is 0 Å². The number of rotatable bonds is 6. The Balaban J connectivity index is 2.65. The molecule has 0 atom stereocenters. The SMILES string of the molecule is CCCS(=O)(=O)NCc1cccc(NC(C)=O)c1. The Morgan fingerprint density at radius 3 is 2.67 bits per heavy atom. The van der Waals surface area contributed by atoms with E-state index in [1.165, 1.54) is 6.92 Å². The minimum Gasteiger partial charge on any atom is -0.326 e. The van der Waals surface area contributed by atoms with Crippen molar-refractivity contribution in [3.05, 3.63) is 29.8 Å². The van der Waals surface area contributed by atoms with Crippen LogP contribution in [-0.2, 0) is 21.4 Å². The molecule has 0 aromatic heterocycles. The second-order valence-corrected chi connectivity index (χ2v) is 5.95. The topological polar surface area (TPSA) is 75.3 Å². The van der Waals surface area contributed by atoms with Gasteiger partial charge in [-0.3, -0.25) is 4.79 Å². The van der Waals surface area contributed by atoms with Crippen LogP contribution in [0.2, 0.25) is 0 Å². The van der Waals surface area contributed by atoms with Crippen LogP contribution in [0.15, 0.2) is 24.3 Å². The average Bonchev–Trinajstić information content (AvgIpc) is 2.26. The minimum atomic E-state index is -3.20. The van der Waals surface area contributed by atoms with Crippen molar-refractivity contribution < 1.29 is 13.2 Å². The monoisotopic (exact) mass is 270 g/mol. The zero-order valence-corrected chi connectivity index (χ0v) is 11.4. The van der Waals surface area contributed by atoms with E-state index in [0.29, 0.717) is 12.1 Å². The summed E-state index contributed by atoms with van der Waals surface area (Å²) in [6.07, 6.45) is 0.585. The fourth-order valence-electron chi connectivity index (χ4n) is 1.50. The van der Waals surface area contributed by atoms with Gasteiger partial charge in [0.25, 0.3) is 0 Å². The second-order valence-electron chi connectivity index (χ2n) is 4.02. The van der Waals surface area contributed by atoms with Gasteiger partial charge in [0.2, 0.25) is 15.9 Å². The molecule has 0 radical (unpaired) electrons. The third kappa shape index (κ3) is 5.29. The van der Waals surface area contributed by atoms with E-state index in [1.807, 2.05) is 6.92 Å². The maximum absolute atomic E-state index is 11.5. The molecule has 0 aliphatic rings. The van der Waals surface area contributed by atoms with E-state index in [2.05, 4.69) is 10.0 Å². The summed E-state index contributed by atoms with van der Waals surface area (Å²) in [6, 6.07) is 7.08. The molecule has 0 bridgehead atoms. The van der Waals surface area contributed by atoms with Crippen molar-refractivity contribution in [1.82, 2.24) is 4.72 Å². The van der Waals surface area contributed by atoms with Gasteiger partial charge in [-0.1, -0.05) is 19.1 Å². The van der Waals surface area contributed by atoms with Crippen molar-refractivity contribution in [1.29, 1.82) is 0 Å². The van der Waals surface area contributed by atoms with E-state index in [1.54, 1.807) is 24.3 Å². The molecule has 1 aromatic carbocycles. The Bertz CT molecular complexity index is 512. The first-order chi connectivity index (χ1) is 8.43. The molecule has 100 valence electrons. The highest BCUT2D eigenvalue weighted by atomic mass is 32.2. The summed E-state index contributed by atoms with van der Waals surface area (Å²) in [4.78, 5) is 10.9. The minimum absolute atomic E-state index is 0.123. The van der Waals surface area contributed by atoms with Gasteiger partial charge >= 0.3 is 0 Å². The molecule has 0 saturated heterocycles. The van der Waals surface area contributed by atoms with Crippen molar-refractivity contribution in [2.24, 2.45) is 0 Å². The van der Waals surface area contributed by atoms with Crippen LogP contribution in [0.25, 0.3) is 0 Å². The Morgan fingerprint density at radius 1 is 1.33 bits per heavy atom. The number of nitrogens with one attached hydrogen (secondary N) is 2. The Morgan fingerprint density at radius 2 is 2.06 bits per heavy atom. The lowest BCUT2D eigenvalue weighted by atomic mass is 10.2. The molecule has 18 heavy (non-hydrogen) atoms. The number of carbonyl (C=O) groups is 1. The van der Waals surface area contributed by atoms with Crippen LogP contribution in [0.5, 0.6) is 0 Å². The van der Waals surface area contributed by atoms with Crippen LogP contribution >= 0.6 is 0 Å². The lowest BCUT2D eigenvalue weighted by Gasteiger charge is -2.07. The smallest absolute Gasteiger partial charge is 0.221 e. The van der Waals surface area contributed by atoms with E-state index in [4.69, 9.17) is 0 Å². The summed E-state index contributed by atoms with van der Waals surface area (Å²) in [5.74, 6) is -0.0306. The highest BCUT2D eigenvalue weighted by Crippen LogP contribution is 2.10. The fraction of sp³-hybridized carbons (Fsp3) is 0.417. The van der Waals surface area contributed by atoms with Crippen LogP contribution in [0.3, 0.4) is 0 Å². The third-order valence-electron chi connectivity index (χ3n) is 2.22. The lowest BCUT2D eigenvalue weighted by molar-refractivity contribution is -0.114. The highest BCUT2D eigenvalue weighted by molar-refractivity contribution is 7.89. The highest BCUT2D eigenvalue weighted by Gasteiger charge is 2.08. The standard InChI is InChI=1S/C12H18N2O3S/c1-3-7-18(16,17)13-9-11-5-4-6-12(8-11)14-10(2)15/h4-6,8,13H,3,7,9H2,1-2H3,(H,14,15). The van der Waals surface area contributed by atoms with Crippen molar-refractivity contribution in [2.45, 2.75) is 26.8 Å². The molecule has 0 unspecified atom stereocenters. The predicted molar refractivity (Wildman–Crippen MR) is 71.7 cm³/mol. The van der Waals surface area contributed by atoms with Crippen LogP contribution in [0.1, 0.15) is 25.8 Å². The fourth-order valence-corrected chi connectivity index (χ4v) is 2.56. The number of hydrogen-bond donors (Lipinski definition) is 2. The van der Waals surface area contributed by atoms with Crippen LogP contribution in [0, 0.1) is 0 Å². The van der Waals surface area contributed by atoms with Gasteiger partial charge in [-0.05, 0) is 24.1 Å². The molecule has 0 spiro atoms. The summed E-state index contributed by atoms with van der Waals surface area (Å²) < 4.78 is 25.5. The van der Waals surface area contributed by atoms with Gasteiger partial charge < -0.3 is 5.32 Å². The van der Waals surface area contributed by atoms with Crippen molar-refractivity contribution in [2.75, 3.05) is 11.1 Å². The van der Waals surface area contributed by atoms with Gasteiger partial charge in [0, 0.05) is 19.2 Å². The first-order valence-electron chi connectivity index (χ1n) is 5.77.